The van der Waals surface area contributed by atoms with E-state index in [0.29, 0.717) is 6.54 Å². The fourth-order valence-electron chi connectivity index (χ4n) is 2.13. The van der Waals surface area contributed by atoms with Crippen LogP contribution in [0, 0.1) is 13.8 Å². The summed E-state index contributed by atoms with van der Waals surface area (Å²) in [5.41, 5.74) is 2.79. The molecule has 1 rings (SSSR count). The van der Waals surface area contributed by atoms with Gasteiger partial charge >= 0.3 is 5.97 Å². The summed E-state index contributed by atoms with van der Waals surface area (Å²) in [6.45, 7) is 5.24. The van der Waals surface area contributed by atoms with Crippen LogP contribution in [0.5, 0.6) is 0 Å². The van der Waals surface area contributed by atoms with Gasteiger partial charge in [0.2, 0.25) is 5.91 Å². The molecule has 1 aromatic rings. The molecule has 22 heavy (non-hydrogen) atoms. The molecule has 0 bridgehead atoms. The molecular weight excluding hydrogens is 282 g/mol. The summed E-state index contributed by atoms with van der Waals surface area (Å²) >= 11 is 0. The molecule has 0 aliphatic heterocycles. The Labute approximate surface area is 131 Å². The average molecular weight is 307 g/mol. The van der Waals surface area contributed by atoms with Crippen LogP contribution in [0.1, 0.15) is 24.0 Å². The van der Waals surface area contributed by atoms with Crippen molar-refractivity contribution in [3.63, 3.8) is 0 Å². The molecule has 122 valence electrons. The van der Waals surface area contributed by atoms with Crippen molar-refractivity contribution in [1.29, 1.82) is 0 Å². The van der Waals surface area contributed by atoms with E-state index in [1.807, 2.05) is 39.1 Å². The summed E-state index contributed by atoms with van der Waals surface area (Å²) in [5.74, 6) is -1.32. The molecule has 1 aromatic carbocycles. The minimum absolute atomic E-state index is 0.0950. The fourth-order valence-corrected chi connectivity index (χ4v) is 2.13. The molecule has 0 spiro atoms. The number of carboxylic acids is 1. The van der Waals surface area contributed by atoms with Crippen LogP contribution in [0.2, 0.25) is 0 Å². The molecule has 1 atom stereocenters. The molecular formula is C16H25N3O3. The second kappa shape index (κ2) is 9.17. The Balaban J connectivity index is 2.54. The first kappa shape index (κ1) is 18.1. The van der Waals surface area contributed by atoms with Gasteiger partial charge in [-0.15, -0.1) is 0 Å². The van der Waals surface area contributed by atoms with Crippen LogP contribution >= 0.6 is 0 Å². The number of amides is 1. The van der Waals surface area contributed by atoms with E-state index in [-0.39, 0.29) is 12.3 Å². The maximum atomic E-state index is 12.0. The molecule has 0 aliphatic rings. The second-order valence-corrected chi connectivity index (χ2v) is 5.37. The minimum Gasteiger partial charge on any atom is -0.480 e. The second-order valence-electron chi connectivity index (χ2n) is 5.37. The number of carbonyl (C=O) groups is 2. The lowest BCUT2D eigenvalue weighted by molar-refractivity contribution is -0.141. The molecule has 0 heterocycles. The Kier molecular flexibility index (Phi) is 7.56. The molecule has 0 saturated heterocycles. The predicted molar refractivity (Wildman–Crippen MR) is 87.1 cm³/mol. The van der Waals surface area contributed by atoms with Crippen molar-refractivity contribution in [2.24, 2.45) is 0 Å². The smallest absolute Gasteiger partial charge is 0.321 e. The third-order valence-corrected chi connectivity index (χ3v) is 3.34. The van der Waals surface area contributed by atoms with Crippen LogP contribution in [-0.4, -0.2) is 43.2 Å². The summed E-state index contributed by atoms with van der Waals surface area (Å²) < 4.78 is 0. The zero-order valence-corrected chi connectivity index (χ0v) is 13.4. The molecule has 0 unspecified atom stereocenters. The zero-order valence-electron chi connectivity index (χ0n) is 13.4. The minimum atomic E-state index is -1.01. The van der Waals surface area contributed by atoms with Gasteiger partial charge in [0, 0.05) is 5.69 Å². The van der Waals surface area contributed by atoms with Crippen LogP contribution < -0.4 is 16.0 Å². The molecule has 4 N–H and O–H groups in total. The third-order valence-electron chi connectivity index (χ3n) is 3.34. The molecule has 6 nitrogen and oxygen atoms in total. The normalized spacial score (nSPS) is 12.0. The van der Waals surface area contributed by atoms with Crippen molar-refractivity contribution < 1.29 is 14.7 Å². The van der Waals surface area contributed by atoms with Gasteiger partial charge in [-0.25, -0.2) is 0 Å². The predicted octanol–water partition coefficient (Wildman–Crippen LogP) is 1.28. The third kappa shape index (κ3) is 6.24. The van der Waals surface area contributed by atoms with Gasteiger partial charge in [0.25, 0.3) is 0 Å². The number of hydrogen-bond donors (Lipinski definition) is 4. The monoisotopic (exact) mass is 307 g/mol. The van der Waals surface area contributed by atoms with E-state index >= 15 is 0 Å². The van der Waals surface area contributed by atoms with Gasteiger partial charge in [-0.2, -0.15) is 0 Å². The van der Waals surface area contributed by atoms with Crippen molar-refractivity contribution in [2.75, 3.05) is 25.5 Å². The van der Waals surface area contributed by atoms with Gasteiger partial charge in [-0.1, -0.05) is 17.7 Å². The molecule has 0 radical (unpaired) electrons. The number of aryl methyl sites for hydroxylation is 2. The van der Waals surface area contributed by atoms with Crippen LogP contribution in [0.15, 0.2) is 18.2 Å². The number of aliphatic carboxylic acids is 1. The van der Waals surface area contributed by atoms with E-state index in [4.69, 9.17) is 0 Å². The van der Waals surface area contributed by atoms with Crippen molar-refractivity contribution in [3.8, 4) is 0 Å². The first-order valence-corrected chi connectivity index (χ1v) is 7.42. The number of anilines is 1. The zero-order chi connectivity index (χ0) is 16.5. The van der Waals surface area contributed by atoms with E-state index < -0.39 is 12.0 Å². The molecule has 0 saturated carbocycles. The maximum Gasteiger partial charge on any atom is 0.321 e. The van der Waals surface area contributed by atoms with Crippen LogP contribution in [0.3, 0.4) is 0 Å². The number of benzene rings is 1. The number of carboxylic acid groups (broad SMARTS) is 1. The van der Waals surface area contributed by atoms with E-state index in [9.17, 15) is 14.7 Å². The summed E-state index contributed by atoms with van der Waals surface area (Å²) in [6.07, 6.45) is 0.709. The van der Waals surface area contributed by atoms with E-state index in [2.05, 4.69) is 16.0 Å². The highest BCUT2D eigenvalue weighted by Crippen LogP contribution is 2.16. The summed E-state index contributed by atoms with van der Waals surface area (Å²) in [6, 6.07) is 4.84. The van der Waals surface area contributed by atoms with Gasteiger partial charge in [-0.05, 0) is 52.0 Å². The summed E-state index contributed by atoms with van der Waals surface area (Å²) in [7, 11) is 1.84. The highest BCUT2D eigenvalue weighted by atomic mass is 16.4. The first-order chi connectivity index (χ1) is 10.4. The Hall–Kier alpha value is -1.92. The molecule has 1 amide bonds. The molecule has 0 fully saturated rings. The molecule has 0 aromatic heterocycles. The van der Waals surface area contributed by atoms with E-state index in [1.165, 1.54) is 0 Å². The molecule has 6 heteroatoms. The Morgan fingerprint density at radius 1 is 1.23 bits per heavy atom. The van der Waals surface area contributed by atoms with Gasteiger partial charge in [0.05, 0.1) is 6.42 Å². The topological polar surface area (TPSA) is 90.5 Å². The quantitative estimate of drug-likeness (QED) is 0.516. The lowest BCUT2D eigenvalue weighted by Crippen LogP contribution is -2.40. The van der Waals surface area contributed by atoms with Gasteiger partial charge in [-0.3, -0.25) is 9.59 Å². The van der Waals surface area contributed by atoms with Gasteiger partial charge < -0.3 is 21.1 Å². The molecule has 0 aliphatic carbocycles. The largest absolute Gasteiger partial charge is 0.480 e. The van der Waals surface area contributed by atoms with Crippen molar-refractivity contribution in [1.82, 2.24) is 10.6 Å². The highest BCUT2D eigenvalue weighted by Gasteiger charge is 2.20. The Morgan fingerprint density at radius 3 is 2.55 bits per heavy atom. The van der Waals surface area contributed by atoms with Crippen LogP contribution in [0.25, 0.3) is 0 Å². The van der Waals surface area contributed by atoms with Crippen molar-refractivity contribution >= 4 is 17.6 Å². The lowest BCUT2D eigenvalue weighted by atomic mass is 10.1. The number of rotatable bonds is 9. The standard InChI is InChI=1S/C16H25N3O3/c1-11-5-6-13(12(2)9-11)19-15(20)10-14(16(21)22)18-8-4-7-17-3/h5-6,9,14,17-18H,4,7-8,10H2,1-3H3,(H,19,20)(H,21,22)/t14-/m0/s1. The Morgan fingerprint density at radius 2 is 1.95 bits per heavy atom. The summed E-state index contributed by atoms with van der Waals surface area (Å²) in [5, 5.41) is 17.8. The first-order valence-electron chi connectivity index (χ1n) is 7.42. The van der Waals surface area contributed by atoms with Crippen LogP contribution in [0.4, 0.5) is 5.69 Å². The fraction of sp³-hybridized carbons (Fsp3) is 0.500. The van der Waals surface area contributed by atoms with E-state index in [1.54, 1.807) is 0 Å². The van der Waals surface area contributed by atoms with Gasteiger partial charge in [0.15, 0.2) is 0 Å². The highest BCUT2D eigenvalue weighted by molar-refractivity contribution is 5.94. The average Bonchev–Trinajstić information content (AvgIpc) is 2.45. The number of nitrogens with one attached hydrogen (secondary N) is 3. The SMILES string of the molecule is CNCCCN[C@@H](CC(=O)Nc1ccc(C)cc1C)C(=O)O. The van der Waals surface area contributed by atoms with Crippen molar-refractivity contribution in [2.45, 2.75) is 32.7 Å². The van der Waals surface area contributed by atoms with Crippen molar-refractivity contribution in [3.05, 3.63) is 29.3 Å². The number of carbonyl (C=O) groups excluding carboxylic acids is 1. The maximum absolute atomic E-state index is 12.0. The number of hydrogen-bond acceptors (Lipinski definition) is 4. The Bertz CT molecular complexity index is 517. The summed E-state index contributed by atoms with van der Waals surface area (Å²) in [4.78, 5) is 23.2. The lowest BCUT2D eigenvalue weighted by Gasteiger charge is -2.15. The van der Waals surface area contributed by atoms with Gasteiger partial charge in [0.1, 0.15) is 6.04 Å². The van der Waals surface area contributed by atoms with Crippen LogP contribution in [-0.2, 0) is 9.59 Å². The van der Waals surface area contributed by atoms with E-state index in [0.717, 1.165) is 29.8 Å².